The molecular formula is C13H24N4OS. The maximum atomic E-state index is 5.24. The Labute approximate surface area is 119 Å². The number of aromatic nitrogens is 2. The van der Waals surface area contributed by atoms with Crippen LogP contribution in [0.15, 0.2) is 0 Å². The zero-order valence-corrected chi connectivity index (χ0v) is 12.7. The van der Waals surface area contributed by atoms with E-state index in [4.69, 9.17) is 4.74 Å². The maximum Gasteiger partial charge on any atom is 0.134 e. The average Bonchev–Trinajstić information content (AvgIpc) is 2.86. The lowest BCUT2D eigenvalue weighted by Gasteiger charge is -2.31. The Bertz CT molecular complexity index is 363. The first kappa shape index (κ1) is 14.7. The molecular weight excluding hydrogens is 260 g/mol. The van der Waals surface area contributed by atoms with Gasteiger partial charge in [-0.3, -0.25) is 4.90 Å². The molecule has 1 aromatic heterocycles. The Balaban J connectivity index is 1.80. The van der Waals surface area contributed by atoms with Crippen molar-refractivity contribution in [1.82, 2.24) is 14.5 Å². The molecule has 0 atom stereocenters. The molecule has 0 bridgehead atoms. The molecule has 1 fully saturated rings. The molecule has 0 unspecified atom stereocenters. The number of methoxy groups -OCH3 is 1. The first-order valence-electron chi connectivity index (χ1n) is 7.09. The van der Waals surface area contributed by atoms with Gasteiger partial charge in [-0.25, -0.2) is 0 Å². The third kappa shape index (κ3) is 4.40. The van der Waals surface area contributed by atoms with Crippen molar-refractivity contribution < 1.29 is 4.74 Å². The summed E-state index contributed by atoms with van der Waals surface area (Å²) < 4.78 is 9.30. The molecule has 6 heteroatoms. The SMILES string of the molecule is CCCNc1snnc1CN1CCC(COC)CC1. The minimum Gasteiger partial charge on any atom is -0.384 e. The van der Waals surface area contributed by atoms with Gasteiger partial charge in [0.25, 0.3) is 0 Å². The second-order valence-corrected chi connectivity index (χ2v) is 5.90. The highest BCUT2D eigenvalue weighted by Gasteiger charge is 2.20. The summed E-state index contributed by atoms with van der Waals surface area (Å²) in [7, 11) is 1.79. The van der Waals surface area contributed by atoms with Crippen LogP contribution in [0.2, 0.25) is 0 Å². The quantitative estimate of drug-likeness (QED) is 0.832. The van der Waals surface area contributed by atoms with Gasteiger partial charge in [-0.2, -0.15) is 0 Å². The first-order chi connectivity index (χ1) is 9.33. The zero-order chi connectivity index (χ0) is 13.5. The van der Waals surface area contributed by atoms with E-state index in [0.717, 1.165) is 55.8 Å². The van der Waals surface area contributed by atoms with Crippen molar-refractivity contribution in [2.24, 2.45) is 5.92 Å². The predicted octanol–water partition coefficient (Wildman–Crippen LogP) is 2.22. The molecule has 2 heterocycles. The van der Waals surface area contributed by atoms with Gasteiger partial charge < -0.3 is 10.1 Å². The lowest BCUT2D eigenvalue weighted by Crippen LogP contribution is -2.34. The maximum absolute atomic E-state index is 5.24. The third-order valence-corrected chi connectivity index (χ3v) is 4.30. The standard InChI is InChI=1S/C13H24N4OS/c1-3-6-14-13-12(15-16-19-13)9-17-7-4-11(5-8-17)10-18-2/h11,14H,3-10H2,1-2H3. The van der Waals surface area contributed by atoms with Crippen LogP contribution in [-0.2, 0) is 11.3 Å². The van der Waals surface area contributed by atoms with Gasteiger partial charge in [0, 0.05) is 38.3 Å². The molecule has 0 radical (unpaired) electrons. The molecule has 1 aromatic rings. The Kier molecular flexibility index (Phi) is 6.00. The van der Waals surface area contributed by atoms with E-state index in [0.29, 0.717) is 0 Å². The normalized spacial score (nSPS) is 17.8. The minimum absolute atomic E-state index is 0.729. The Morgan fingerprint density at radius 1 is 1.42 bits per heavy atom. The van der Waals surface area contributed by atoms with E-state index in [9.17, 15) is 0 Å². The van der Waals surface area contributed by atoms with Crippen LogP contribution in [0.4, 0.5) is 5.00 Å². The molecule has 2 rings (SSSR count). The molecule has 1 aliphatic rings. The fraction of sp³-hybridized carbons (Fsp3) is 0.846. The second-order valence-electron chi connectivity index (χ2n) is 5.15. The van der Waals surface area contributed by atoms with Crippen LogP contribution in [0.25, 0.3) is 0 Å². The molecule has 0 aromatic carbocycles. The fourth-order valence-electron chi connectivity index (χ4n) is 2.44. The summed E-state index contributed by atoms with van der Waals surface area (Å²) in [5, 5.41) is 8.81. The van der Waals surface area contributed by atoms with E-state index in [2.05, 4.69) is 26.7 Å². The summed E-state index contributed by atoms with van der Waals surface area (Å²) in [6.07, 6.45) is 3.58. The second kappa shape index (κ2) is 7.77. The lowest BCUT2D eigenvalue weighted by molar-refractivity contribution is 0.0964. The van der Waals surface area contributed by atoms with Crippen LogP contribution in [-0.4, -0.2) is 47.8 Å². The van der Waals surface area contributed by atoms with E-state index in [1.807, 2.05) is 0 Å². The van der Waals surface area contributed by atoms with Crippen molar-refractivity contribution in [2.75, 3.05) is 38.7 Å². The summed E-state index contributed by atoms with van der Waals surface area (Å²) in [5.41, 5.74) is 1.10. The van der Waals surface area contributed by atoms with Gasteiger partial charge in [0.15, 0.2) is 0 Å². The molecule has 1 saturated heterocycles. The molecule has 5 nitrogen and oxygen atoms in total. The van der Waals surface area contributed by atoms with Crippen molar-refractivity contribution in [2.45, 2.75) is 32.7 Å². The highest BCUT2D eigenvalue weighted by atomic mass is 32.1. The Morgan fingerprint density at radius 2 is 2.21 bits per heavy atom. The van der Waals surface area contributed by atoms with Gasteiger partial charge in [0.05, 0.1) is 0 Å². The Hall–Kier alpha value is -0.720. The van der Waals surface area contributed by atoms with Crippen LogP contribution < -0.4 is 5.32 Å². The van der Waals surface area contributed by atoms with Crippen LogP contribution in [0.1, 0.15) is 31.9 Å². The number of piperidine rings is 1. The first-order valence-corrected chi connectivity index (χ1v) is 7.87. The van der Waals surface area contributed by atoms with Crippen LogP contribution in [0.5, 0.6) is 0 Å². The summed E-state index contributed by atoms with van der Waals surface area (Å²) in [5.74, 6) is 0.729. The molecule has 1 aliphatic heterocycles. The number of hydrogen-bond acceptors (Lipinski definition) is 6. The number of rotatable bonds is 7. The van der Waals surface area contributed by atoms with E-state index in [1.165, 1.54) is 24.4 Å². The van der Waals surface area contributed by atoms with Gasteiger partial charge in [0.1, 0.15) is 10.7 Å². The van der Waals surface area contributed by atoms with Crippen LogP contribution in [0, 0.1) is 5.92 Å². The van der Waals surface area contributed by atoms with Gasteiger partial charge >= 0.3 is 0 Å². The highest BCUT2D eigenvalue weighted by molar-refractivity contribution is 7.10. The Morgan fingerprint density at radius 3 is 2.89 bits per heavy atom. The zero-order valence-electron chi connectivity index (χ0n) is 11.9. The minimum atomic E-state index is 0.729. The molecule has 0 saturated carbocycles. The van der Waals surface area contributed by atoms with E-state index >= 15 is 0 Å². The predicted molar refractivity (Wildman–Crippen MR) is 78.6 cm³/mol. The molecule has 0 spiro atoms. The summed E-state index contributed by atoms with van der Waals surface area (Å²) >= 11 is 1.47. The third-order valence-electron chi connectivity index (χ3n) is 3.57. The van der Waals surface area contributed by atoms with E-state index in [-0.39, 0.29) is 0 Å². The number of likely N-dealkylation sites (tertiary alicyclic amines) is 1. The number of ether oxygens (including phenoxy) is 1. The topological polar surface area (TPSA) is 50.3 Å². The monoisotopic (exact) mass is 284 g/mol. The number of nitrogens with one attached hydrogen (secondary N) is 1. The van der Waals surface area contributed by atoms with Crippen LogP contribution >= 0.6 is 11.5 Å². The summed E-state index contributed by atoms with van der Waals surface area (Å²) in [6, 6.07) is 0. The van der Waals surface area contributed by atoms with Crippen molar-refractivity contribution in [3.05, 3.63) is 5.69 Å². The number of anilines is 1. The van der Waals surface area contributed by atoms with Crippen molar-refractivity contribution in [3.8, 4) is 0 Å². The van der Waals surface area contributed by atoms with Gasteiger partial charge in [-0.1, -0.05) is 11.4 Å². The van der Waals surface area contributed by atoms with E-state index in [1.54, 1.807) is 7.11 Å². The number of nitrogens with zero attached hydrogens (tertiary/aromatic N) is 3. The van der Waals surface area contributed by atoms with Crippen molar-refractivity contribution >= 4 is 16.5 Å². The molecule has 0 amide bonds. The molecule has 19 heavy (non-hydrogen) atoms. The number of hydrogen-bond donors (Lipinski definition) is 1. The van der Waals surface area contributed by atoms with Gasteiger partial charge in [0.2, 0.25) is 0 Å². The van der Waals surface area contributed by atoms with Crippen LogP contribution in [0.3, 0.4) is 0 Å². The lowest BCUT2D eigenvalue weighted by atomic mass is 9.98. The van der Waals surface area contributed by atoms with Crippen molar-refractivity contribution in [3.63, 3.8) is 0 Å². The fourth-order valence-corrected chi connectivity index (χ4v) is 3.04. The van der Waals surface area contributed by atoms with E-state index < -0.39 is 0 Å². The molecule has 108 valence electrons. The smallest absolute Gasteiger partial charge is 0.134 e. The van der Waals surface area contributed by atoms with Gasteiger partial charge in [-0.15, -0.1) is 5.10 Å². The summed E-state index contributed by atoms with van der Waals surface area (Å²) in [6.45, 7) is 7.25. The molecule has 1 N–H and O–H groups in total. The average molecular weight is 284 g/mol. The largest absolute Gasteiger partial charge is 0.384 e. The van der Waals surface area contributed by atoms with Gasteiger partial charge in [-0.05, 0) is 38.3 Å². The van der Waals surface area contributed by atoms with Crippen molar-refractivity contribution in [1.29, 1.82) is 0 Å². The highest BCUT2D eigenvalue weighted by Crippen LogP contribution is 2.23. The summed E-state index contributed by atoms with van der Waals surface area (Å²) in [4.78, 5) is 2.47. The molecule has 0 aliphatic carbocycles.